The normalized spacial score (nSPS) is 10.5. The largest absolute Gasteiger partial charge is 0.397 e. The Bertz CT molecular complexity index is 507. The van der Waals surface area contributed by atoms with Crippen LogP contribution in [0.4, 0.5) is 11.4 Å². The van der Waals surface area contributed by atoms with E-state index in [-0.39, 0.29) is 0 Å². The number of rotatable bonds is 4. The molecule has 0 atom stereocenters. The molecule has 0 bridgehead atoms. The molecule has 0 aliphatic heterocycles. The quantitative estimate of drug-likeness (QED) is 0.852. The molecule has 0 saturated heterocycles. The van der Waals surface area contributed by atoms with Crippen molar-refractivity contribution < 1.29 is 0 Å². The summed E-state index contributed by atoms with van der Waals surface area (Å²) in [5, 5.41) is 7.62. The second kappa shape index (κ2) is 5.23. The molecule has 0 amide bonds. The lowest BCUT2D eigenvalue weighted by atomic mass is 10.2. The lowest BCUT2D eigenvalue weighted by Crippen LogP contribution is -2.07. The van der Waals surface area contributed by atoms with E-state index in [1.54, 1.807) is 0 Å². The summed E-state index contributed by atoms with van der Waals surface area (Å²) in [4.78, 5) is 0. The van der Waals surface area contributed by atoms with E-state index < -0.39 is 0 Å². The molecule has 1 aromatic heterocycles. The maximum atomic E-state index is 5.89. The number of nitrogens with zero attached hydrogens (tertiary/aromatic N) is 2. The summed E-state index contributed by atoms with van der Waals surface area (Å²) in [7, 11) is 1.92. The van der Waals surface area contributed by atoms with Gasteiger partial charge in [-0.25, -0.2) is 0 Å². The Morgan fingerprint density at radius 3 is 2.88 bits per heavy atom. The molecule has 2 rings (SSSR count). The molecule has 1 heterocycles. The number of hydrogen-bond acceptors (Lipinski definition) is 3. The molecule has 5 heteroatoms. The molecule has 4 nitrogen and oxygen atoms in total. The third kappa shape index (κ3) is 3.23. The molecule has 17 heavy (non-hydrogen) atoms. The Balaban J connectivity index is 1.90. The highest BCUT2D eigenvalue weighted by Crippen LogP contribution is 2.22. The van der Waals surface area contributed by atoms with Crippen LogP contribution in [-0.2, 0) is 13.5 Å². The van der Waals surface area contributed by atoms with Crippen molar-refractivity contribution in [3.63, 3.8) is 0 Å². The number of hydrogen-bond donors (Lipinski definition) is 2. The van der Waals surface area contributed by atoms with Crippen LogP contribution in [0.25, 0.3) is 0 Å². The van der Waals surface area contributed by atoms with Crippen LogP contribution in [0.1, 0.15) is 5.69 Å². The van der Waals surface area contributed by atoms with E-state index >= 15 is 0 Å². The second-order valence-electron chi connectivity index (χ2n) is 3.89. The first kappa shape index (κ1) is 12.0. The third-order valence-electron chi connectivity index (χ3n) is 2.48. The SMILES string of the molecule is Cn1ccc(CCNc2ccc(Br)cc2N)n1. The van der Waals surface area contributed by atoms with Gasteiger partial charge in [0.25, 0.3) is 0 Å². The third-order valence-corrected chi connectivity index (χ3v) is 2.97. The van der Waals surface area contributed by atoms with Crippen LogP contribution in [0.3, 0.4) is 0 Å². The van der Waals surface area contributed by atoms with E-state index in [0.717, 1.165) is 34.5 Å². The summed E-state index contributed by atoms with van der Waals surface area (Å²) >= 11 is 3.38. The molecule has 0 spiro atoms. The number of nitrogens with two attached hydrogens (primary N) is 1. The fourth-order valence-corrected chi connectivity index (χ4v) is 2.00. The Labute approximate surface area is 109 Å². The van der Waals surface area contributed by atoms with Crippen LogP contribution < -0.4 is 11.1 Å². The summed E-state index contributed by atoms with van der Waals surface area (Å²) in [6, 6.07) is 7.85. The van der Waals surface area contributed by atoms with Gasteiger partial charge in [0.1, 0.15) is 0 Å². The van der Waals surface area contributed by atoms with Gasteiger partial charge in [-0.1, -0.05) is 15.9 Å². The molecule has 2 aromatic rings. The summed E-state index contributed by atoms with van der Waals surface area (Å²) < 4.78 is 2.80. The molecule has 1 aromatic carbocycles. The van der Waals surface area contributed by atoms with Crippen molar-refractivity contribution in [3.8, 4) is 0 Å². The summed E-state index contributed by atoms with van der Waals surface area (Å²) in [5.74, 6) is 0. The van der Waals surface area contributed by atoms with Gasteiger partial charge in [0.15, 0.2) is 0 Å². The van der Waals surface area contributed by atoms with Crippen molar-refractivity contribution in [2.45, 2.75) is 6.42 Å². The second-order valence-corrected chi connectivity index (χ2v) is 4.80. The number of aryl methyl sites for hydroxylation is 1. The summed E-state index contributed by atoms with van der Waals surface area (Å²) in [6.07, 6.45) is 2.83. The maximum absolute atomic E-state index is 5.89. The minimum absolute atomic E-state index is 0.750. The van der Waals surface area contributed by atoms with E-state index in [0.29, 0.717) is 0 Å². The van der Waals surface area contributed by atoms with Crippen LogP contribution in [0, 0.1) is 0 Å². The first-order valence-electron chi connectivity index (χ1n) is 5.42. The Hall–Kier alpha value is -1.49. The summed E-state index contributed by atoms with van der Waals surface area (Å²) in [5.41, 5.74) is 8.68. The molecule has 3 N–H and O–H groups in total. The van der Waals surface area contributed by atoms with E-state index in [9.17, 15) is 0 Å². The zero-order chi connectivity index (χ0) is 12.3. The lowest BCUT2D eigenvalue weighted by molar-refractivity contribution is 0.742. The number of halogens is 1. The van der Waals surface area contributed by atoms with Crippen LogP contribution in [0.5, 0.6) is 0 Å². The van der Waals surface area contributed by atoms with Crippen LogP contribution in [-0.4, -0.2) is 16.3 Å². The predicted molar refractivity (Wildman–Crippen MR) is 74.0 cm³/mol. The Kier molecular flexibility index (Phi) is 3.68. The number of aromatic nitrogens is 2. The fourth-order valence-electron chi connectivity index (χ4n) is 1.62. The lowest BCUT2D eigenvalue weighted by Gasteiger charge is -2.08. The van der Waals surface area contributed by atoms with Crippen LogP contribution in [0.2, 0.25) is 0 Å². The zero-order valence-electron chi connectivity index (χ0n) is 9.65. The number of nitrogen functional groups attached to an aromatic ring is 1. The molecular weight excluding hydrogens is 280 g/mol. The van der Waals surface area contributed by atoms with Crippen molar-refractivity contribution in [1.82, 2.24) is 9.78 Å². The van der Waals surface area contributed by atoms with Gasteiger partial charge in [0, 0.05) is 30.7 Å². The van der Waals surface area contributed by atoms with Gasteiger partial charge in [0.05, 0.1) is 17.1 Å². The first-order chi connectivity index (χ1) is 8.15. The highest BCUT2D eigenvalue weighted by molar-refractivity contribution is 9.10. The van der Waals surface area contributed by atoms with Crippen molar-refractivity contribution in [1.29, 1.82) is 0 Å². The highest BCUT2D eigenvalue weighted by Gasteiger charge is 2.00. The minimum atomic E-state index is 0.750. The van der Waals surface area contributed by atoms with E-state index in [4.69, 9.17) is 5.73 Å². The molecule has 0 aliphatic carbocycles. The van der Waals surface area contributed by atoms with Crippen molar-refractivity contribution in [3.05, 3.63) is 40.6 Å². The first-order valence-corrected chi connectivity index (χ1v) is 6.22. The zero-order valence-corrected chi connectivity index (χ0v) is 11.2. The van der Waals surface area contributed by atoms with Gasteiger partial charge in [-0.05, 0) is 24.3 Å². The topological polar surface area (TPSA) is 55.9 Å². The minimum Gasteiger partial charge on any atom is -0.397 e. The van der Waals surface area contributed by atoms with Crippen LogP contribution >= 0.6 is 15.9 Å². The van der Waals surface area contributed by atoms with Gasteiger partial charge < -0.3 is 11.1 Å². The van der Waals surface area contributed by atoms with Gasteiger partial charge in [-0.2, -0.15) is 5.10 Å². The molecular formula is C12H15BrN4. The predicted octanol–water partition coefficient (Wildman–Crippen LogP) is 2.42. The standard InChI is InChI=1S/C12H15BrN4/c1-17-7-5-10(16-17)4-6-15-12-3-2-9(13)8-11(12)14/h2-3,5,7-8,15H,4,6,14H2,1H3. The molecule has 0 fully saturated rings. The Morgan fingerprint density at radius 2 is 2.24 bits per heavy atom. The average Bonchev–Trinajstić information content (AvgIpc) is 2.68. The fraction of sp³-hybridized carbons (Fsp3) is 0.250. The van der Waals surface area contributed by atoms with E-state index in [2.05, 4.69) is 26.3 Å². The number of anilines is 2. The Morgan fingerprint density at radius 1 is 1.41 bits per heavy atom. The molecule has 0 unspecified atom stereocenters. The van der Waals surface area contributed by atoms with Gasteiger partial charge in [-0.15, -0.1) is 0 Å². The smallest absolute Gasteiger partial charge is 0.0642 e. The van der Waals surface area contributed by atoms with Gasteiger partial charge in [-0.3, -0.25) is 4.68 Å². The molecule has 90 valence electrons. The molecule has 0 radical (unpaired) electrons. The molecule has 0 saturated carbocycles. The van der Waals surface area contributed by atoms with E-state index in [1.807, 2.05) is 42.2 Å². The van der Waals surface area contributed by atoms with E-state index in [1.165, 1.54) is 0 Å². The van der Waals surface area contributed by atoms with Crippen LogP contribution in [0.15, 0.2) is 34.9 Å². The number of nitrogens with one attached hydrogen (secondary N) is 1. The van der Waals surface area contributed by atoms with Crippen molar-refractivity contribution in [2.75, 3.05) is 17.6 Å². The van der Waals surface area contributed by atoms with Gasteiger partial charge in [0.2, 0.25) is 0 Å². The van der Waals surface area contributed by atoms with Crippen molar-refractivity contribution in [2.24, 2.45) is 7.05 Å². The van der Waals surface area contributed by atoms with Crippen molar-refractivity contribution >= 4 is 27.3 Å². The van der Waals surface area contributed by atoms with Gasteiger partial charge >= 0.3 is 0 Å². The highest BCUT2D eigenvalue weighted by atomic mass is 79.9. The molecule has 0 aliphatic rings. The maximum Gasteiger partial charge on any atom is 0.0642 e. The number of benzene rings is 1. The average molecular weight is 295 g/mol. The monoisotopic (exact) mass is 294 g/mol. The summed E-state index contributed by atoms with van der Waals surface area (Å²) in [6.45, 7) is 0.822.